The lowest BCUT2D eigenvalue weighted by atomic mass is 10.00. The van der Waals surface area contributed by atoms with Crippen LogP contribution in [0.4, 0.5) is 0 Å². The molecule has 1 aliphatic heterocycles. The molecule has 1 aliphatic rings. The SMILES string of the molecule is CN=C(NCc1nc(C)c(C)s1)N1CCOC(c2ccc(C)cc2C)C1. The van der Waals surface area contributed by atoms with Gasteiger partial charge in [0.2, 0.25) is 0 Å². The number of aliphatic imine (C=N–C) groups is 1. The van der Waals surface area contributed by atoms with Gasteiger partial charge in [-0.1, -0.05) is 23.8 Å². The van der Waals surface area contributed by atoms with Crippen LogP contribution in [-0.2, 0) is 11.3 Å². The normalized spacial score (nSPS) is 18.3. The Hall–Kier alpha value is -1.92. The highest BCUT2D eigenvalue weighted by Crippen LogP contribution is 2.26. The number of aromatic nitrogens is 1. The molecule has 0 spiro atoms. The van der Waals surface area contributed by atoms with Gasteiger partial charge in [-0.3, -0.25) is 4.99 Å². The average Bonchev–Trinajstić information content (AvgIpc) is 2.94. The average molecular weight is 373 g/mol. The number of hydrogen-bond acceptors (Lipinski definition) is 4. The van der Waals surface area contributed by atoms with Crippen molar-refractivity contribution in [3.05, 3.63) is 50.5 Å². The van der Waals surface area contributed by atoms with Gasteiger partial charge in [0.25, 0.3) is 0 Å². The summed E-state index contributed by atoms with van der Waals surface area (Å²) in [5.74, 6) is 0.911. The van der Waals surface area contributed by atoms with Crippen LogP contribution in [0.5, 0.6) is 0 Å². The lowest BCUT2D eigenvalue weighted by Gasteiger charge is -2.35. The minimum atomic E-state index is 0.0762. The van der Waals surface area contributed by atoms with Gasteiger partial charge in [0, 0.05) is 18.5 Å². The van der Waals surface area contributed by atoms with Gasteiger partial charge in [0.15, 0.2) is 5.96 Å². The van der Waals surface area contributed by atoms with Crippen LogP contribution in [0, 0.1) is 27.7 Å². The number of nitrogens with zero attached hydrogens (tertiary/aromatic N) is 3. The number of rotatable bonds is 3. The van der Waals surface area contributed by atoms with E-state index < -0.39 is 0 Å². The Bertz CT molecular complexity index is 780. The Balaban J connectivity index is 1.66. The summed E-state index contributed by atoms with van der Waals surface area (Å²) in [5, 5.41) is 4.56. The number of guanidine groups is 1. The van der Waals surface area contributed by atoms with Crippen LogP contribution in [0.3, 0.4) is 0 Å². The van der Waals surface area contributed by atoms with E-state index in [-0.39, 0.29) is 6.10 Å². The lowest BCUT2D eigenvalue weighted by molar-refractivity contribution is -0.00834. The third-order valence-corrected chi connectivity index (χ3v) is 5.89. The summed E-state index contributed by atoms with van der Waals surface area (Å²) in [4.78, 5) is 12.6. The number of thiazole rings is 1. The molecule has 0 radical (unpaired) electrons. The topological polar surface area (TPSA) is 49.8 Å². The van der Waals surface area contributed by atoms with Crippen molar-refractivity contribution in [1.82, 2.24) is 15.2 Å². The van der Waals surface area contributed by atoms with Crippen molar-refractivity contribution in [2.24, 2.45) is 4.99 Å². The molecule has 2 heterocycles. The first kappa shape index (κ1) is 18.9. The van der Waals surface area contributed by atoms with Crippen molar-refractivity contribution in [3.63, 3.8) is 0 Å². The van der Waals surface area contributed by atoms with Crippen LogP contribution in [0.15, 0.2) is 23.2 Å². The summed E-state index contributed by atoms with van der Waals surface area (Å²) in [6.45, 7) is 11.5. The molecular formula is C20H28N4OS. The van der Waals surface area contributed by atoms with E-state index in [1.165, 1.54) is 21.6 Å². The molecule has 1 aromatic heterocycles. The van der Waals surface area contributed by atoms with Crippen LogP contribution < -0.4 is 5.32 Å². The predicted molar refractivity (Wildman–Crippen MR) is 108 cm³/mol. The Morgan fingerprint density at radius 2 is 2.15 bits per heavy atom. The first-order valence-electron chi connectivity index (χ1n) is 9.05. The number of hydrogen-bond donors (Lipinski definition) is 1. The molecule has 0 aliphatic carbocycles. The summed E-state index contributed by atoms with van der Waals surface area (Å²) in [6.07, 6.45) is 0.0762. The highest BCUT2D eigenvalue weighted by molar-refractivity contribution is 7.11. The maximum Gasteiger partial charge on any atom is 0.194 e. The molecule has 1 N–H and O–H groups in total. The van der Waals surface area contributed by atoms with Gasteiger partial charge in [-0.15, -0.1) is 11.3 Å². The number of nitrogens with one attached hydrogen (secondary N) is 1. The molecule has 1 atom stereocenters. The molecular weight excluding hydrogens is 344 g/mol. The zero-order valence-corrected chi connectivity index (χ0v) is 17.1. The summed E-state index contributed by atoms with van der Waals surface area (Å²) in [5.41, 5.74) is 4.95. The third-order valence-electron chi connectivity index (χ3n) is 4.82. The Morgan fingerprint density at radius 1 is 1.35 bits per heavy atom. The number of aryl methyl sites for hydroxylation is 4. The molecule has 3 rings (SSSR count). The monoisotopic (exact) mass is 372 g/mol. The largest absolute Gasteiger partial charge is 0.370 e. The molecule has 0 saturated carbocycles. The van der Waals surface area contributed by atoms with E-state index in [9.17, 15) is 0 Å². The van der Waals surface area contributed by atoms with Gasteiger partial charge in [0.1, 0.15) is 11.1 Å². The fourth-order valence-corrected chi connectivity index (χ4v) is 4.19. The quantitative estimate of drug-likeness (QED) is 0.661. The fraction of sp³-hybridized carbons (Fsp3) is 0.500. The smallest absolute Gasteiger partial charge is 0.194 e. The van der Waals surface area contributed by atoms with Gasteiger partial charge in [0.05, 0.1) is 25.4 Å². The molecule has 26 heavy (non-hydrogen) atoms. The van der Waals surface area contributed by atoms with Crippen molar-refractivity contribution in [1.29, 1.82) is 0 Å². The molecule has 1 unspecified atom stereocenters. The predicted octanol–water partition coefficient (Wildman–Crippen LogP) is 3.53. The van der Waals surface area contributed by atoms with Crippen LogP contribution >= 0.6 is 11.3 Å². The lowest BCUT2D eigenvalue weighted by Crippen LogP contribution is -2.48. The number of ether oxygens (including phenoxy) is 1. The van der Waals surface area contributed by atoms with Gasteiger partial charge in [-0.2, -0.15) is 0 Å². The highest BCUT2D eigenvalue weighted by Gasteiger charge is 2.25. The fourth-order valence-electron chi connectivity index (χ4n) is 3.32. The van der Waals surface area contributed by atoms with E-state index in [0.717, 1.165) is 29.8 Å². The Labute approximate surface area is 160 Å². The second-order valence-electron chi connectivity index (χ2n) is 6.82. The van der Waals surface area contributed by atoms with Crippen LogP contribution in [0.25, 0.3) is 0 Å². The molecule has 1 saturated heterocycles. The second kappa shape index (κ2) is 8.18. The Morgan fingerprint density at radius 3 is 2.81 bits per heavy atom. The van der Waals surface area contributed by atoms with E-state index in [1.54, 1.807) is 11.3 Å². The second-order valence-corrected chi connectivity index (χ2v) is 8.10. The molecule has 1 aromatic carbocycles. The maximum absolute atomic E-state index is 6.06. The highest BCUT2D eigenvalue weighted by atomic mass is 32.1. The van der Waals surface area contributed by atoms with E-state index in [2.05, 4.69) is 66.1 Å². The zero-order valence-electron chi connectivity index (χ0n) is 16.3. The van der Waals surface area contributed by atoms with E-state index in [1.807, 2.05) is 7.05 Å². The van der Waals surface area contributed by atoms with Crippen LogP contribution in [-0.4, -0.2) is 42.6 Å². The van der Waals surface area contributed by atoms with E-state index >= 15 is 0 Å². The molecule has 2 aromatic rings. The molecule has 0 bridgehead atoms. The maximum atomic E-state index is 6.06. The van der Waals surface area contributed by atoms with E-state index in [0.29, 0.717) is 13.2 Å². The molecule has 140 valence electrons. The van der Waals surface area contributed by atoms with Gasteiger partial charge in [-0.25, -0.2) is 4.98 Å². The van der Waals surface area contributed by atoms with Crippen molar-refractivity contribution in [2.45, 2.75) is 40.3 Å². The van der Waals surface area contributed by atoms with E-state index in [4.69, 9.17) is 4.74 Å². The molecule has 6 heteroatoms. The Kier molecular flexibility index (Phi) is 5.94. The van der Waals surface area contributed by atoms with Crippen molar-refractivity contribution < 1.29 is 4.74 Å². The van der Waals surface area contributed by atoms with Gasteiger partial charge in [-0.05, 0) is 38.8 Å². The summed E-state index contributed by atoms with van der Waals surface area (Å²) >= 11 is 1.74. The summed E-state index contributed by atoms with van der Waals surface area (Å²) in [6, 6.07) is 6.57. The first-order valence-corrected chi connectivity index (χ1v) is 9.87. The van der Waals surface area contributed by atoms with Gasteiger partial charge >= 0.3 is 0 Å². The van der Waals surface area contributed by atoms with Crippen LogP contribution in [0.2, 0.25) is 0 Å². The first-order chi connectivity index (χ1) is 12.5. The van der Waals surface area contributed by atoms with Crippen molar-refractivity contribution in [2.75, 3.05) is 26.7 Å². The zero-order chi connectivity index (χ0) is 18.7. The standard InChI is InChI=1S/C20H28N4OS/c1-13-6-7-17(14(2)10-13)18-12-24(8-9-25-18)20(21-5)22-11-19-23-15(3)16(4)26-19/h6-7,10,18H,8-9,11-12H2,1-5H3,(H,21,22). The van der Waals surface area contributed by atoms with Gasteiger partial charge < -0.3 is 15.0 Å². The molecule has 0 amide bonds. The number of morpholine rings is 1. The molecule has 5 nitrogen and oxygen atoms in total. The van der Waals surface area contributed by atoms with Crippen molar-refractivity contribution >= 4 is 17.3 Å². The minimum absolute atomic E-state index is 0.0762. The number of benzene rings is 1. The third kappa shape index (κ3) is 4.24. The minimum Gasteiger partial charge on any atom is -0.370 e. The summed E-state index contributed by atoms with van der Waals surface area (Å²) < 4.78 is 6.06. The van der Waals surface area contributed by atoms with Crippen molar-refractivity contribution in [3.8, 4) is 0 Å². The summed E-state index contributed by atoms with van der Waals surface area (Å²) in [7, 11) is 1.84. The van der Waals surface area contributed by atoms with Crippen LogP contribution in [0.1, 0.15) is 38.4 Å². The molecule has 1 fully saturated rings.